The maximum atomic E-state index is 13.4. The molecule has 0 spiro atoms. The van der Waals surface area contributed by atoms with Gasteiger partial charge >= 0.3 is 6.03 Å². The first-order valence-corrected chi connectivity index (χ1v) is 13.1. The molecule has 2 aliphatic rings. The molecule has 0 unspecified atom stereocenters. The minimum absolute atomic E-state index is 0.0182. The van der Waals surface area contributed by atoms with Crippen molar-refractivity contribution in [3.63, 3.8) is 0 Å². The van der Waals surface area contributed by atoms with Gasteiger partial charge in [0.2, 0.25) is 0 Å². The zero-order valence-electron chi connectivity index (χ0n) is 20.1. The number of rotatable bonds is 6. The summed E-state index contributed by atoms with van der Waals surface area (Å²) >= 11 is 3.53. The lowest BCUT2D eigenvalue weighted by atomic mass is 9.93. The van der Waals surface area contributed by atoms with Gasteiger partial charge in [-0.25, -0.2) is 4.79 Å². The Morgan fingerprint density at radius 1 is 1.08 bits per heavy atom. The van der Waals surface area contributed by atoms with E-state index in [0.717, 1.165) is 64.4 Å². The number of para-hydroxylation sites is 1. The number of carbonyl (C=O) groups excluding carboxylic acids is 3. The number of halogens is 1. The molecule has 1 aliphatic heterocycles. The Morgan fingerprint density at radius 3 is 2.64 bits per heavy atom. The predicted octanol–water partition coefficient (Wildman–Crippen LogP) is 5.59. The van der Waals surface area contributed by atoms with Gasteiger partial charge in [0.1, 0.15) is 17.9 Å². The van der Waals surface area contributed by atoms with Crippen LogP contribution < -0.4 is 10.1 Å². The van der Waals surface area contributed by atoms with E-state index in [1.807, 2.05) is 55.6 Å². The van der Waals surface area contributed by atoms with E-state index in [-0.39, 0.29) is 11.6 Å². The third-order valence-electron chi connectivity index (χ3n) is 6.93. The van der Waals surface area contributed by atoms with Crippen LogP contribution in [0.1, 0.15) is 43.2 Å². The molecule has 7 nitrogen and oxygen atoms in total. The van der Waals surface area contributed by atoms with E-state index < -0.39 is 17.8 Å². The molecule has 1 N–H and O–H groups in total. The second kappa shape index (κ2) is 10.3. The van der Waals surface area contributed by atoms with Crippen molar-refractivity contribution in [3.05, 3.63) is 69.8 Å². The van der Waals surface area contributed by atoms with Crippen molar-refractivity contribution in [2.75, 3.05) is 6.61 Å². The molecule has 4 amide bonds. The molecule has 0 bridgehead atoms. The molecule has 1 saturated heterocycles. The highest BCUT2D eigenvalue weighted by molar-refractivity contribution is 9.10. The number of aryl methyl sites for hydroxylation is 1. The number of hydrogen-bond donors (Lipinski definition) is 1. The molecule has 2 heterocycles. The molecule has 186 valence electrons. The van der Waals surface area contributed by atoms with Crippen LogP contribution in [0.15, 0.2) is 58.7 Å². The number of aromatic nitrogens is 1. The van der Waals surface area contributed by atoms with Crippen molar-refractivity contribution in [2.45, 2.75) is 51.6 Å². The number of urea groups is 1. The second-order valence-corrected chi connectivity index (χ2v) is 10.3. The fourth-order valence-electron chi connectivity index (χ4n) is 5.07. The van der Waals surface area contributed by atoms with Crippen LogP contribution in [0.5, 0.6) is 5.75 Å². The highest BCUT2D eigenvalue weighted by atomic mass is 79.9. The van der Waals surface area contributed by atoms with Crippen molar-refractivity contribution in [2.24, 2.45) is 0 Å². The summed E-state index contributed by atoms with van der Waals surface area (Å²) in [6, 6.07) is 13.0. The quantitative estimate of drug-likeness (QED) is 0.321. The molecule has 0 radical (unpaired) electrons. The van der Waals surface area contributed by atoms with Gasteiger partial charge in [-0.15, -0.1) is 0 Å². The van der Waals surface area contributed by atoms with Gasteiger partial charge < -0.3 is 9.30 Å². The van der Waals surface area contributed by atoms with Gasteiger partial charge in [-0.3, -0.25) is 19.8 Å². The number of imide groups is 2. The maximum absolute atomic E-state index is 13.4. The van der Waals surface area contributed by atoms with E-state index in [4.69, 9.17) is 4.74 Å². The van der Waals surface area contributed by atoms with Crippen molar-refractivity contribution in [3.8, 4) is 5.75 Å². The van der Waals surface area contributed by atoms with Crippen LogP contribution in [0, 0.1) is 6.92 Å². The van der Waals surface area contributed by atoms with Crippen molar-refractivity contribution < 1.29 is 19.1 Å². The maximum Gasteiger partial charge on any atom is 0.331 e. The second-order valence-electron chi connectivity index (χ2n) is 9.34. The highest BCUT2D eigenvalue weighted by Gasteiger charge is 2.40. The van der Waals surface area contributed by atoms with Crippen LogP contribution in [0.2, 0.25) is 0 Å². The summed E-state index contributed by atoms with van der Waals surface area (Å²) in [7, 11) is 0. The van der Waals surface area contributed by atoms with Gasteiger partial charge in [0, 0.05) is 33.2 Å². The summed E-state index contributed by atoms with van der Waals surface area (Å²) in [6.45, 7) is 3.06. The van der Waals surface area contributed by atoms with Crippen LogP contribution in [0.4, 0.5) is 4.79 Å². The van der Waals surface area contributed by atoms with Crippen LogP contribution in [-0.4, -0.2) is 40.0 Å². The van der Waals surface area contributed by atoms with Crippen LogP contribution in [0.3, 0.4) is 0 Å². The first kappa shape index (κ1) is 24.3. The summed E-state index contributed by atoms with van der Waals surface area (Å²) in [5.41, 5.74) is 2.75. The number of barbiturate groups is 1. The predicted molar refractivity (Wildman–Crippen MR) is 142 cm³/mol. The molecule has 8 heteroatoms. The standard InChI is InChI=1S/C28H28BrN3O4/c1-18-7-5-6-10-25(18)36-14-13-31-17-19(22-16-20(29)11-12-24(22)31)15-23-26(33)30-28(35)32(27(23)34)21-8-3-2-4-9-21/h5-7,10-12,15-17,21H,2-4,8-9,13-14H2,1H3,(H,30,33,35)/b23-15+. The van der Waals surface area contributed by atoms with Crippen molar-refractivity contribution in [1.29, 1.82) is 0 Å². The monoisotopic (exact) mass is 549 g/mol. The molecule has 5 rings (SSSR count). The van der Waals surface area contributed by atoms with E-state index in [0.29, 0.717) is 13.2 Å². The van der Waals surface area contributed by atoms with Gasteiger partial charge in [0.05, 0.1) is 6.54 Å². The van der Waals surface area contributed by atoms with E-state index in [1.54, 1.807) is 6.08 Å². The third kappa shape index (κ3) is 4.82. The Labute approximate surface area is 218 Å². The molecule has 36 heavy (non-hydrogen) atoms. The zero-order chi connectivity index (χ0) is 25.2. The Morgan fingerprint density at radius 2 is 1.86 bits per heavy atom. The smallest absolute Gasteiger partial charge is 0.331 e. The van der Waals surface area contributed by atoms with Crippen LogP contribution >= 0.6 is 15.9 Å². The Kier molecular flexibility index (Phi) is 6.96. The average Bonchev–Trinajstić information content (AvgIpc) is 3.20. The third-order valence-corrected chi connectivity index (χ3v) is 7.42. The minimum atomic E-state index is -0.657. The fraction of sp³-hybridized carbons (Fsp3) is 0.321. The minimum Gasteiger partial charge on any atom is -0.491 e. The molecular formula is C28H28BrN3O4. The first-order valence-electron chi connectivity index (χ1n) is 12.3. The fourth-order valence-corrected chi connectivity index (χ4v) is 5.43. The summed E-state index contributed by atoms with van der Waals surface area (Å²) in [5, 5.41) is 3.27. The normalized spacial score (nSPS) is 18.2. The topological polar surface area (TPSA) is 80.6 Å². The molecule has 1 aromatic heterocycles. The first-order chi connectivity index (χ1) is 17.4. The number of ether oxygens (including phenoxy) is 1. The average molecular weight is 550 g/mol. The molecular weight excluding hydrogens is 522 g/mol. The Bertz CT molecular complexity index is 1370. The number of hydrogen-bond acceptors (Lipinski definition) is 4. The van der Waals surface area contributed by atoms with Gasteiger partial charge in [0.15, 0.2) is 0 Å². The molecule has 1 saturated carbocycles. The SMILES string of the molecule is Cc1ccccc1OCCn1cc(/C=C2\C(=O)NC(=O)N(C3CCCCC3)C2=O)c2cc(Br)ccc21. The van der Waals surface area contributed by atoms with E-state index in [2.05, 4.69) is 25.8 Å². The highest BCUT2D eigenvalue weighted by Crippen LogP contribution is 2.30. The van der Waals surface area contributed by atoms with Crippen LogP contribution in [0.25, 0.3) is 17.0 Å². The summed E-state index contributed by atoms with van der Waals surface area (Å²) in [4.78, 5) is 39.9. The van der Waals surface area contributed by atoms with Gasteiger partial charge in [-0.05, 0) is 55.7 Å². The van der Waals surface area contributed by atoms with Crippen molar-refractivity contribution in [1.82, 2.24) is 14.8 Å². The largest absolute Gasteiger partial charge is 0.491 e. The zero-order valence-corrected chi connectivity index (χ0v) is 21.7. The molecule has 1 aliphatic carbocycles. The van der Waals surface area contributed by atoms with E-state index in [1.165, 1.54) is 4.90 Å². The lowest BCUT2D eigenvalue weighted by molar-refractivity contribution is -0.132. The Balaban J connectivity index is 1.45. The van der Waals surface area contributed by atoms with Crippen molar-refractivity contribution >= 4 is 50.8 Å². The number of carbonyl (C=O) groups is 3. The number of fused-ring (bicyclic) bond motifs is 1. The summed E-state index contributed by atoms with van der Waals surface area (Å²) < 4.78 is 8.94. The lowest BCUT2D eigenvalue weighted by Crippen LogP contribution is -2.58. The summed E-state index contributed by atoms with van der Waals surface area (Å²) in [5.74, 6) is -0.332. The molecule has 3 aromatic rings. The lowest BCUT2D eigenvalue weighted by Gasteiger charge is -2.35. The van der Waals surface area contributed by atoms with E-state index >= 15 is 0 Å². The van der Waals surface area contributed by atoms with E-state index in [9.17, 15) is 14.4 Å². The molecule has 0 atom stereocenters. The number of nitrogens with zero attached hydrogens (tertiary/aromatic N) is 2. The van der Waals surface area contributed by atoms with Gasteiger partial charge in [-0.2, -0.15) is 0 Å². The Hall–Kier alpha value is -3.39. The number of amides is 4. The number of benzene rings is 2. The van der Waals surface area contributed by atoms with Crippen LogP contribution in [-0.2, 0) is 16.1 Å². The summed E-state index contributed by atoms with van der Waals surface area (Å²) in [6.07, 6.45) is 8.12. The molecule has 2 fully saturated rings. The molecule has 2 aromatic carbocycles. The number of nitrogens with one attached hydrogen (secondary N) is 1. The van der Waals surface area contributed by atoms with Gasteiger partial charge in [-0.1, -0.05) is 53.4 Å². The van der Waals surface area contributed by atoms with Gasteiger partial charge in [0.25, 0.3) is 11.8 Å².